The number of methoxy groups -OCH3 is 1. The maximum absolute atomic E-state index is 11.5. The number of rotatable bonds is 3. The summed E-state index contributed by atoms with van der Waals surface area (Å²) in [6, 6.07) is -0.0128. The summed E-state index contributed by atoms with van der Waals surface area (Å²) in [5.41, 5.74) is 0.168. The molecule has 88 valence electrons. The molecule has 0 spiro atoms. The molecule has 0 amide bonds. The van der Waals surface area contributed by atoms with Gasteiger partial charge in [0.15, 0.2) is 0 Å². The molecule has 0 saturated carbocycles. The molecule has 0 aromatic rings. The van der Waals surface area contributed by atoms with Crippen molar-refractivity contribution < 1.29 is 9.53 Å². The van der Waals surface area contributed by atoms with Gasteiger partial charge < -0.3 is 4.74 Å². The Morgan fingerprint density at radius 3 is 2.88 bits per heavy atom. The van der Waals surface area contributed by atoms with E-state index in [4.69, 9.17) is 4.74 Å². The van der Waals surface area contributed by atoms with Crippen molar-refractivity contribution in [3.05, 3.63) is 24.3 Å². The van der Waals surface area contributed by atoms with E-state index in [1.54, 1.807) is 0 Å². The molecule has 2 atom stereocenters. The number of ether oxygens (including phenoxy) is 1. The number of allylic oxidation sites excluding steroid dienone is 3. The van der Waals surface area contributed by atoms with E-state index in [2.05, 4.69) is 36.1 Å². The molecule has 3 nitrogen and oxygen atoms in total. The number of hydrogen-bond donors (Lipinski definition) is 0. The van der Waals surface area contributed by atoms with Crippen molar-refractivity contribution in [2.45, 2.75) is 25.8 Å². The lowest BCUT2D eigenvalue weighted by Gasteiger charge is -2.43. The summed E-state index contributed by atoms with van der Waals surface area (Å²) in [6.07, 6.45) is 10.6. The normalized spacial score (nSPS) is 33.5. The van der Waals surface area contributed by atoms with Crippen LogP contribution in [-0.4, -0.2) is 37.1 Å². The van der Waals surface area contributed by atoms with Gasteiger partial charge in [-0.05, 0) is 12.8 Å². The first-order valence-electron chi connectivity index (χ1n) is 5.81. The van der Waals surface area contributed by atoms with Crippen molar-refractivity contribution in [2.24, 2.45) is 5.41 Å². The molecular weight excluding hydrogens is 202 g/mol. The Morgan fingerprint density at radius 2 is 2.38 bits per heavy atom. The zero-order valence-corrected chi connectivity index (χ0v) is 9.98. The summed E-state index contributed by atoms with van der Waals surface area (Å²) in [5.74, 6) is -0.0924. The smallest absolute Gasteiger partial charge is 0.323 e. The topological polar surface area (TPSA) is 29.5 Å². The fraction of sp³-hybridized carbons (Fsp3) is 0.615. The number of carbonyl (C=O) groups excluding carboxylic acids is 1. The fourth-order valence-electron chi connectivity index (χ4n) is 2.39. The second-order valence-corrected chi connectivity index (χ2v) is 4.94. The number of hydrogen-bond acceptors (Lipinski definition) is 3. The average Bonchev–Trinajstić information content (AvgIpc) is 2.25. The van der Waals surface area contributed by atoms with Gasteiger partial charge in [0.05, 0.1) is 7.11 Å². The van der Waals surface area contributed by atoms with Crippen molar-refractivity contribution >= 4 is 5.97 Å². The summed E-state index contributed by atoms with van der Waals surface area (Å²) in [7, 11) is 1.46. The number of esters is 1. The van der Waals surface area contributed by atoms with Gasteiger partial charge in [0.1, 0.15) is 6.04 Å². The molecule has 0 aromatic heterocycles. The SMILES string of the molecule is COC(=O)C1CCN1CC1(C)C=CC=CC1. The minimum Gasteiger partial charge on any atom is -0.468 e. The minimum absolute atomic E-state index is 0.0128. The Bertz CT molecular complexity index is 335. The molecule has 1 aliphatic carbocycles. The van der Waals surface area contributed by atoms with Crippen LogP contribution in [0.15, 0.2) is 24.3 Å². The van der Waals surface area contributed by atoms with E-state index in [9.17, 15) is 4.79 Å². The lowest BCUT2D eigenvalue weighted by molar-refractivity contribution is -0.152. The fourth-order valence-corrected chi connectivity index (χ4v) is 2.39. The summed E-state index contributed by atoms with van der Waals surface area (Å²) in [4.78, 5) is 13.7. The van der Waals surface area contributed by atoms with Gasteiger partial charge in [-0.1, -0.05) is 31.2 Å². The van der Waals surface area contributed by atoms with Crippen LogP contribution in [0.5, 0.6) is 0 Å². The second kappa shape index (κ2) is 4.42. The van der Waals surface area contributed by atoms with E-state index in [1.807, 2.05) is 0 Å². The maximum atomic E-state index is 11.5. The van der Waals surface area contributed by atoms with Crippen LogP contribution in [0, 0.1) is 5.41 Å². The molecule has 1 saturated heterocycles. The lowest BCUT2D eigenvalue weighted by Crippen LogP contribution is -2.55. The molecule has 2 rings (SSSR count). The molecule has 0 aromatic carbocycles. The molecule has 2 unspecified atom stereocenters. The van der Waals surface area contributed by atoms with Crippen LogP contribution in [0.4, 0.5) is 0 Å². The van der Waals surface area contributed by atoms with Crippen molar-refractivity contribution in [1.29, 1.82) is 0 Å². The third kappa shape index (κ3) is 2.19. The predicted molar refractivity (Wildman–Crippen MR) is 63.0 cm³/mol. The van der Waals surface area contributed by atoms with E-state index in [0.29, 0.717) is 0 Å². The molecule has 3 heteroatoms. The quantitative estimate of drug-likeness (QED) is 0.680. The minimum atomic E-state index is -0.0924. The highest BCUT2D eigenvalue weighted by molar-refractivity contribution is 5.76. The Hall–Kier alpha value is -1.09. The van der Waals surface area contributed by atoms with Crippen LogP contribution >= 0.6 is 0 Å². The van der Waals surface area contributed by atoms with Crippen LogP contribution in [0.25, 0.3) is 0 Å². The first-order chi connectivity index (χ1) is 7.64. The van der Waals surface area contributed by atoms with Gasteiger partial charge in [-0.2, -0.15) is 0 Å². The van der Waals surface area contributed by atoms with Crippen molar-refractivity contribution in [2.75, 3.05) is 20.2 Å². The van der Waals surface area contributed by atoms with Crippen LogP contribution in [0.1, 0.15) is 19.8 Å². The molecule has 0 bridgehead atoms. The van der Waals surface area contributed by atoms with Gasteiger partial charge in [-0.3, -0.25) is 9.69 Å². The van der Waals surface area contributed by atoms with E-state index >= 15 is 0 Å². The highest BCUT2D eigenvalue weighted by Gasteiger charge is 2.38. The zero-order chi connectivity index (χ0) is 11.6. The number of carbonyl (C=O) groups is 1. The standard InChI is InChI=1S/C13H19NO2/c1-13(7-4-3-5-8-13)10-14-9-6-11(14)12(15)16-2/h3-5,7,11H,6,8-10H2,1-2H3. The summed E-state index contributed by atoms with van der Waals surface area (Å²) < 4.78 is 4.79. The Morgan fingerprint density at radius 1 is 1.56 bits per heavy atom. The van der Waals surface area contributed by atoms with E-state index < -0.39 is 0 Å². The van der Waals surface area contributed by atoms with Gasteiger partial charge >= 0.3 is 5.97 Å². The van der Waals surface area contributed by atoms with Crippen LogP contribution in [0.3, 0.4) is 0 Å². The Kier molecular flexibility index (Phi) is 3.15. The predicted octanol–water partition coefficient (Wildman–Crippen LogP) is 1.76. The van der Waals surface area contributed by atoms with E-state index in [1.165, 1.54) is 7.11 Å². The molecule has 0 radical (unpaired) electrons. The van der Waals surface area contributed by atoms with Crippen molar-refractivity contribution in [1.82, 2.24) is 4.90 Å². The highest BCUT2D eigenvalue weighted by atomic mass is 16.5. The van der Waals surface area contributed by atoms with Crippen molar-refractivity contribution in [3.8, 4) is 0 Å². The second-order valence-electron chi connectivity index (χ2n) is 4.94. The molecule has 2 aliphatic rings. The van der Waals surface area contributed by atoms with Crippen molar-refractivity contribution in [3.63, 3.8) is 0 Å². The maximum Gasteiger partial charge on any atom is 0.323 e. The molecular formula is C13H19NO2. The summed E-state index contributed by atoms with van der Waals surface area (Å²) >= 11 is 0. The lowest BCUT2D eigenvalue weighted by atomic mass is 9.81. The third-order valence-electron chi connectivity index (χ3n) is 3.50. The molecule has 16 heavy (non-hydrogen) atoms. The van der Waals surface area contributed by atoms with Gasteiger partial charge in [-0.15, -0.1) is 0 Å². The Balaban J connectivity index is 1.93. The first kappa shape index (κ1) is 11.4. The third-order valence-corrected chi connectivity index (χ3v) is 3.50. The highest BCUT2D eigenvalue weighted by Crippen LogP contribution is 2.32. The van der Waals surface area contributed by atoms with Crippen LogP contribution < -0.4 is 0 Å². The summed E-state index contributed by atoms with van der Waals surface area (Å²) in [5, 5.41) is 0. The van der Waals surface area contributed by atoms with Gasteiger partial charge in [0.2, 0.25) is 0 Å². The van der Waals surface area contributed by atoms with E-state index in [0.717, 1.165) is 25.9 Å². The van der Waals surface area contributed by atoms with Gasteiger partial charge in [0, 0.05) is 18.5 Å². The summed E-state index contributed by atoms with van der Waals surface area (Å²) in [6.45, 7) is 4.18. The van der Waals surface area contributed by atoms with Crippen LogP contribution in [0.2, 0.25) is 0 Å². The van der Waals surface area contributed by atoms with E-state index in [-0.39, 0.29) is 17.4 Å². The molecule has 0 N–H and O–H groups in total. The average molecular weight is 221 g/mol. The number of likely N-dealkylation sites (tertiary alicyclic amines) is 1. The largest absolute Gasteiger partial charge is 0.468 e. The van der Waals surface area contributed by atoms with Gasteiger partial charge in [-0.25, -0.2) is 0 Å². The zero-order valence-electron chi connectivity index (χ0n) is 9.98. The Labute approximate surface area is 96.8 Å². The molecule has 1 aliphatic heterocycles. The van der Waals surface area contributed by atoms with Gasteiger partial charge in [0.25, 0.3) is 0 Å². The molecule has 1 fully saturated rings. The van der Waals surface area contributed by atoms with Crippen LogP contribution in [-0.2, 0) is 9.53 Å². The first-order valence-corrected chi connectivity index (χ1v) is 5.81. The number of nitrogens with zero attached hydrogens (tertiary/aromatic N) is 1. The molecule has 1 heterocycles. The monoisotopic (exact) mass is 221 g/mol.